The zero-order chi connectivity index (χ0) is 14.3. The summed E-state index contributed by atoms with van der Waals surface area (Å²) in [6.07, 6.45) is 1.06. The van der Waals surface area contributed by atoms with E-state index in [1.807, 2.05) is 0 Å². The number of amides is 2. The second-order valence-corrected chi connectivity index (χ2v) is 5.03. The van der Waals surface area contributed by atoms with Gasteiger partial charge in [0, 0.05) is 20.1 Å². The van der Waals surface area contributed by atoms with E-state index < -0.39 is 0 Å². The first-order valence-electron chi connectivity index (χ1n) is 6.71. The summed E-state index contributed by atoms with van der Waals surface area (Å²) in [4.78, 5) is 13.3. The molecule has 0 radical (unpaired) electrons. The van der Waals surface area contributed by atoms with Crippen molar-refractivity contribution < 1.29 is 9.90 Å². The van der Waals surface area contributed by atoms with Crippen LogP contribution in [0.1, 0.15) is 24.5 Å². The number of carbonyl (C=O) groups excluding carboxylic acids is 1. The van der Waals surface area contributed by atoms with Gasteiger partial charge in [0.05, 0.1) is 6.10 Å². The fraction of sp³-hybridized carbons (Fsp3) is 0.533. The zero-order valence-corrected chi connectivity index (χ0v) is 12.0. The van der Waals surface area contributed by atoms with Crippen LogP contribution in [0.4, 0.5) is 4.79 Å². The van der Waals surface area contributed by atoms with Crippen molar-refractivity contribution in [1.82, 2.24) is 10.2 Å². The maximum absolute atomic E-state index is 11.7. The minimum atomic E-state index is -0.372. The standard InChI is InChI=1S/C15H24N2O2/c1-12-4-6-14(7-5-12)8-10-16-15(19)17(3)11-9-13(2)18/h4-7,13,18H,8-11H2,1-3H3,(H,16,19). The number of urea groups is 1. The maximum atomic E-state index is 11.7. The van der Waals surface area contributed by atoms with Gasteiger partial charge in [-0.25, -0.2) is 4.79 Å². The molecule has 19 heavy (non-hydrogen) atoms. The van der Waals surface area contributed by atoms with Crippen LogP contribution in [0.5, 0.6) is 0 Å². The van der Waals surface area contributed by atoms with Crippen LogP contribution in [0.15, 0.2) is 24.3 Å². The Balaban J connectivity index is 2.24. The van der Waals surface area contributed by atoms with Gasteiger partial charge in [0.25, 0.3) is 0 Å². The van der Waals surface area contributed by atoms with Crippen LogP contribution >= 0.6 is 0 Å². The number of carbonyl (C=O) groups is 1. The number of aliphatic hydroxyl groups excluding tert-OH is 1. The predicted molar refractivity (Wildman–Crippen MR) is 77.2 cm³/mol. The fourth-order valence-corrected chi connectivity index (χ4v) is 1.69. The lowest BCUT2D eigenvalue weighted by atomic mass is 10.1. The molecule has 1 unspecified atom stereocenters. The van der Waals surface area contributed by atoms with E-state index in [-0.39, 0.29) is 12.1 Å². The average Bonchev–Trinajstić information content (AvgIpc) is 2.38. The molecular formula is C15H24N2O2. The maximum Gasteiger partial charge on any atom is 0.317 e. The molecule has 1 atom stereocenters. The van der Waals surface area contributed by atoms with Gasteiger partial charge in [-0.2, -0.15) is 0 Å². The summed E-state index contributed by atoms with van der Waals surface area (Å²) in [7, 11) is 1.74. The van der Waals surface area contributed by atoms with Crippen molar-refractivity contribution in [1.29, 1.82) is 0 Å². The van der Waals surface area contributed by atoms with E-state index in [2.05, 4.69) is 36.5 Å². The molecule has 0 aromatic heterocycles. The van der Waals surface area contributed by atoms with Gasteiger partial charge in [-0.05, 0) is 32.3 Å². The van der Waals surface area contributed by atoms with Crippen LogP contribution in [0, 0.1) is 6.92 Å². The van der Waals surface area contributed by atoms with Gasteiger partial charge in [0.1, 0.15) is 0 Å². The molecule has 4 heteroatoms. The smallest absolute Gasteiger partial charge is 0.317 e. The number of hydrogen-bond acceptors (Lipinski definition) is 2. The third-order valence-corrected chi connectivity index (χ3v) is 3.04. The molecule has 1 aromatic carbocycles. The SMILES string of the molecule is Cc1ccc(CCNC(=O)N(C)CCC(C)O)cc1. The van der Waals surface area contributed by atoms with Crippen molar-refractivity contribution in [3.05, 3.63) is 35.4 Å². The predicted octanol–water partition coefficient (Wildman–Crippen LogP) is 1.95. The van der Waals surface area contributed by atoms with E-state index in [1.165, 1.54) is 11.1 Å². The van der Waals surface area contributed by atoms with Gasteiger partial charge in [-0.15, -0.1) is 0 Å². The molecule has 2 amide bonds. The summed E-state index contributed by atoms with van der Waals surface area (Å²) in [5.74, 6) is 0. The number of aryl methyl sites for hydroxylation is 1. The number of benzene rings is 1. The first-order chi connectivity index (χ1) is 8.99. The molecule has 2 N–H and O–H groups in total. The molecule has 4 nitrogen and oxygen atoms in total. The summed E-state index contributed by atoms with van der Waals surface area (Å²) in [5.41, 5.74) is 2.46. The summed E-state index contributed by atoms with van der Waals surface area (Å²) in [5, 5.41) is 12.0. The lowest BCUT2D eigenvalue weighted by Gasteiger charge is -2.18. The quantitative estimate of drug-likeness (QED) is 0.825. The van der Waals surface area contributed by atoms with E-state index >= 15 is 0 Å². The minimum Gasteiger partial charge on any atom is -0.393 e. The minimum absolute atomic E-state index is 0.0900. The molecule has 0 aliphatic carbocycles. The molecule has 0 saturated carbocycles. The first kappa shape index (κ1) is 15.5. The first-order valence-corrected chi connectivity index (χ1v) is 6.71. The number of rotatable bonds is 6. The molecular weight excluding hydrogens is 240 g/mol. The van der Waals surface area contributed by atoms with Crippen LogP contribution in [0.2, 0.25) is 0 Å². The second-order valence-electron chi connectivity index (χ2n) is 5.03. The van der Waals surface area contributed by atoms with E-state index in [9.17, 15) is 9.90 Å². The average molecular weight is 264 g/mol. The highest BCUT2D eigenvalue weighted by Crippen LogP contribution is 2.03. The summed E-state index contributed by atoms with van der Waals surface area (Å²) < 4.78 is 0. The van der Waals surface area contributed by atoms with Gasteiger partial charge >= 0.3 is 6.03 Å². The highest BCUT2D eigenvalue weighted by atomic mass is 16.3. The van der Waals surface area contributed by atoms with Crippen molar-refractivity contribution in [2.24, 2.45) is 0 Å². The molecule has 0 fully saturated rings. The van der Waals surface area contributed by atoms with E-state index in [0.717, 1.165) is 6.42 Å². The van der Waals surface area contributed by atoms with Gasteiger partial charge in [-0.3, -0.25) is 0 Å². The summed E-state index contributed by atoms with van der Waals surface area (Å²) in [6, 6.07) is 8.22. The molecule has 0 aliphatic heterocycles. The summed E-state index contributed by atoms with van der Waals surface area (Å²) >= 11 is 0. The van der Waals surface area contributed by atoms with Crippen molar-refractivity contribution in [3.63, 3.8) is 0 Å². The van der Waals surface area contributed by atoms with Gasteiger partial charge in [0.2, 0.25) is 0 Å². The van der Waals surface area contributed by atoms with Crippen molar-refractivity contribution >= 4 is 6.03 Å². The molecule has 106 valence electrons. The van der Waals surface area contributed by atoms with Gasteiger partial charge in [-0.1, -0.05) is 29.8 Å². The van der Waals surface area contributed by atoms with E-state index in [0.29, 0.717) is 19.5 Å². The Bertz CT molecular complexity index is 388. The molecule has 0 saturated heterocycles. The topological polar surface area (TPSA) is 52.6 Å². The zero-order valence-electron chi connectivity index (χ0n) is 12.0. The van der Waals surface area contributed by atoms with Crippen molar-refractivity contribution in [2.45, 2.75) is 32.8 Å². The number of nitrogens with one attached hydrogen (secondary N) is 1. The van der Waals surface area contributed by atoms with Crippen LogP contribution in [-0.4, -0.2) is 42.3 Å². The van der Waals surface area contributed by atoms with E-state index in [4.69, 9.17) is 0 Å². The van der Waals surface area contributed by atoms with Gasteiger partial charge < -0.3 is 15.3 Å². The lowest BCUT2D eigenvalue weighted by Crippen LogP contribution is -2.39. The van der Waals surface area contributed by atoms with Crippen LogP contribution in [0.25, 0.3) is 0 Å². The molecule has 0 spiro atoms. The van der Waals surface area contributed by atoms with Crippen LogP contribution in [0.3, 0.4) is 0 Å². The molecule has 0 bridgehead atoms. The fourth-order valence-electron chi connectivity index (χ4n) is 1.69. The Morgan fingerprint density at radius 2 is 2.00 bits per heavy atom. The number of hydrogen-bond donors (Lipinski definition) is 2. The summed E-state index contributed by atoms with van der Waals surface area (Å²) in [6.45, 7) is 4.97. The molecule has 1 rings (SSSR count). The van der Waals surface area contributed by atoms with E-state index in [1.54, 1.807) is 18.9 Å². The molecule has 0 heterocycles. The molecule has 0 aliphatic rings. The highest BCUT2D eigenvalue weighted by Gasteiger charge is 2.08. The lowest BCUT2D eigenvalue weighted by molar-refractivity contribution is 0.163. The Morgan fingerprint density at radius 1 is 1.37 bits per heavy atom. The van der Waals surface area contributed by atoms with Crippen LogP contribution < -0.4 is 5.32 Å². The monoisotopic (exact) mass is 264 g/mol. The van der Waals surface area contributed by atoms with Crippen molar-refractivity contribution in [2.75, 3.05) is 20.1 Å². The Hall–Kier alpha value is -1.55. The second kappa shape index (κ2) is 7.79. The van der Waals surface area contributed by atoms with Crippen molar-refractivity contribution in [3.8, 4) is 0 Å². The Morgan fingerprint density at radius 3 is 2.58 bits per heavy atom. The number of aliphatic hydroxyl groups is 1. The highest BCUT2D eigenvalue weighted by molar-refractivity contribution is 5.73. The Kier molecular flexibility index (Phi) is 6.36. The largest absolute Gasteiger partial charge is 0.393 e. The third-order valence-electron chi connectivity index (χ3n) is 3.04. The molecule has 1 aromatic rings. The Labute approximate surface area is 115 Å². The normalized spacial score (nSPS) is 12.0. The van der Waals surface area contributed by atoms with Gasteiger partial charge in [0.15, 0.2) is 0 Å². The van der Waals surface area contributed by atoms with Crippen LogP contribution in [-0.2, 0) is 6.42 Å². The third kappa shape index (κ3) is 6.25. The number of nitrogens with zero attached hydrogens (tertiary/aromatic N) is 1.